The van der Waals surface area contributed by atoms with Crippen molar-refractivity contribution in [2.24, 2.45) is 0 Å². The van der Waals surface area contributed by atoms with Crippen molar-refractivity contribution in [3.8, 4) is 0 Å². The summed E-state index contributed by atoms with van der Waals surface area (Å²) in [5.74, 6) is 0. The number of aromatic nitrogens is 1. The molecule has 0 spiro atoms. The Morgan fingerprint density at radius 1 is 1.60 bits per heavy atom. The lowest BCUT2D eigenvalue weighted by Gasteiger charge is -2.01. The standard InChI is InChI=1S/C7H7Br2N/c1-5-6(4-8)7(9)2-3-10-5/h2-3H,4H2,1H3. The van der Waals surface area contributed by atoms with E-state index in [1.54, 1.807) is 6.20 Å². The van der Waals surface area contributed by atoms with E-state index in [1.165, 1.54) is 5.56 Å². The third-order valence-electron chi connectivity index (χ3n) is 1.35. The molecule has 1 rings (SSSR count). The molecule has 0 amide bonds. The van der Waals surface area contributed by atoms with Crippen molar-refractivity contribution in [2.45, 2.75) is 12.3 Å². The van der Waals surface area contributed by atoms with Crippen molar-refractivity contribution in [1.82, 2.24) is 4.98 Å². The molecule has 0 atom stereocenters. The zero-order valence-corrected chi connectivity index (χ0v) is 8.74. The Morgan fingerprint density at radius 2 is 2.30 bits per heavy atom. The van der Waals surface area contributed by atoms with Crippen LogP contribution >= 0.6 is 31.9 Å². The maximum absolute atomic E-state index is 4.15. The van der Waals surface area contributed by atoms with Crippen LogP contribution in [0.3, 0.4) is 0 Å². The van der Waals surface area contributed by atoms with E-state index in [0.29, 0.717) is 0 Å². The largest absolute Gasteiger partial charge is 0.261 e. The molecule has 10 heavy (non-hydrogen) atoms. The van der Waals surface area contributed by atoms with Crippen LogP contribution in [-0.4, -0.2) is 4.98 Å². The van der Waals surface area contributed by atoms with Gasteiger partial charge in [-0.25, -0.2) is 0 Å². The molecule has 1 aromatic heterocycles. The molecule has 0 aliphatic carbocycles. The van der Waals surface area contributed by atoms with E-state index in [-0.39, 0.29) is 0 Å². The molecule has 0 saturated heterocycles. The highest BCUT2D eigenvalue weighted by Gasteiger charge is 2.00. The van der Waals surface area contributed by atoms with Crippen LogP contribution in [0.5, 0.6) is 0 Å². The normalized spacial score (nSPS) is 9.90. The fourth-order valence-corrected chi connectivity index (χ4v) is 2.36. The Hall–Kier alpha value is 0.110. The lowest BCUT2D eigenvalue weighted by Crippen LogP contribution is -1.88. The fourth-order valence-electron chi connectivity index (χ4n) is 0.726. The van der Waals surface area contributed by atoms with Crippen LogP contribution in [-0.2, 0) is 5.33 Å². The fraction of sp³-hybridized carbons (Fsp3) is 0.286. The van der Waals surface area contributed by atoms with Crippen molar-refractivity contribution in [1.29, 1.82) is 0 Å². The van der Waals surface area contributed by atoms with Crippen LogP contribution in [0, 0.1) is 6.92 Å². The van der Waals surface area contributed by atoms with Crippen molar-refractivity contribution in [3.63, 3.8) is 0 Å². The summed E-state index contributed by atoms with van der Waals surface area (Å²) in [5, 5.41) is 0.854. The highest BCUT2D eigenvalue weighted by Crippen LogP contribution is 2.20. The van der Waals surface area contributed by atoms with Gasteiger partial charge in [0, 0.05) is 21.7 Å². The predicted octanol–water partition coefficient (Wildman–Crippen LogP) is 3.05. The molecule has 0 aliphatic rings. The molecule has 0 bridgehead atoms. The molecule has 3 heteroatoms. The first-order chi connectivity index (χ1) is 4.75. The minimum Gasteiger partial charge on any atom is -0.261 e. The van der Waals surface area contributed by atoms with Gasteiger partial charge < -0.3 is 0 Å². The molecule has 0 fully saturated rings. The number of hydrogen-bond acceptors (Lipinski definition) is 1. The summed E-state index contributed by atoms with van der Waals surface area (Å²) in [6, 6.07) is 1.95. The van der Waals surface area contributed by atoms with Crippen LogP contribution in [0.25, 0.3) is 0 Å². The van der Waals surface area contributed by atoms with Crippen molar-refractivity contribution < 1.29 is 0 Å². The first-order valence-corrected chi connectivity index (χ1v) is 4.83. The molecule has 0 aliphatic heterocycles. The molecular weight excluding hydrogens is 258 g/mol. The van der Waals surface area contributed by atoms with Gasteiger partial charge in [-0.3, -0.25) is 4.98 Å². The Balaban J connectivity index is 3.17. The van der Waals surface area contributed by atoms with E-state index < -0.39 is 0 Å². The van der Waals surface area contributed by atoms with Gasteiger partial charge in [-0.15, -0.1) is 0 Å². The minimum absolute atomic E-state index is 0.854. The lowest BCUT2D eigenvalue weighted by atomic mass is 10.2. The SMILES string of the molecule is Cc1nccc(Br)c1CBr. The molecule has 0 N–H and O–H groups in total. The third-order valence-corrected chi connectivity index (χ3v) is 2.65. The molecule has 1 aromatic rings. The maximum Gasteiger partial charge on any atom is 0.0424 e. The smallest absolute Gasteiger partial charge is 0.0424 e. The van der Waals surface area contributed by atoms with E-state index in [1.807, 2.05) is 13.0 Å². The Morgan fingerprint density at radius 3 is 2.70 bits per heavy atom. The zero-order chi connectivity index (χ0) is 7.56. The van der Waals surface area contributed by atoms with E-state index in [9.17, 15) is 0 Å². The van der Waals surface area contributed by atoms with Gasteiger partial charge in [0.2, 0.25) is 0 Å². The number of halogens is 2. The topological polar surface area (TPSA) is 12.9 Å². The molecular formula is C7H7Br2N. The van der Waals surface area contributed by atoms with Gasteiger partial charge in [-0.05, 0) is 18.6 Å². The van der Waals surface area contributed by atoms with E-state index in [2.05, 4.69) is 36.8 Å². The summed E-state index contributed by atoms with van der Waals surface area (Å²) < 4.78 is 1.12. The molecule has 0 radical (unpaired) electrons. The van der Waals surface area contributed by atoms with Crippen LogP contribution in [0.15, 0.2) is 16.7 Å². The van der Waals surface area contributed by atoms with Crippen LogP contribution in [0.2, 0.25) is 0 Å². The van der Waals surface area contributed by atoms with Gasteiger partial charge in [-0.2, -0.15) is 0 Å². The first-order valence-electron chi connectivity index (χ1n) is 2.91. The quantitative estimate of drug-likeness (QED) is 0.711. The van der Waals surface area contributed by atoms with Gasteiger partial charge >= 0.3 is 0 Å². The summed E-state index contributed by atoms with van der Waals surface area (Å²) >= 11 is 6.83. The summed E-state index contributed by atoms with van der Waals surface area (Å²) in [5.41, 5.74) is 2.30. The molecule has 0 unspecified atom stereocenters. The Bertz CT molecular complexity index is 215. The van der Waals surface area contributed by atoms with Gasteiger partial charge in [0.05, 0.1) is 0 Å². The minimum atomic E-state index is 0.854. The second-order valence-corrected chi connectivity index (χ2v) is 3.41. The van der Waals surface area contributed by atoms with Crippen molar-refractivity contribution >= 4 is 31.9 Å². The number of alkyl halides is 1. The molecule has 0 aromatic carbocycles. The molecule has 0 saturated carbocycles. The molecule has 54 valence electrons. The Labute approximate surface area is 77.1 Å². The van der Waals surface area contributed by atoms with Gasteiger partial charge in [-0.1, -0.05) is 31.9 Å². The number of hydrogen-bond donors (Lipinski definition) is 0. The van der Waals surface area contributed by atoms with E-state index >= 15 is 0 Å². The first kappa shape index (κ1) is 8.21. The molecule has 1 nitrogen and oxygen atoms in total. The number of aryl methyl sites for hydroxylation is 1. The second kappa shape index (κ2) is 3.49. The Kier molecular flexibility index (Phi) is 2.86. The highest BCUT2D eigenvalue weighted by molar-refractivity contribution is 9.10. The van der Waals surface area contributed by atoms with Gasteiger partial charge in [0.1, 0.15) is 0 Å². The summed E-state index contributed by atoms with van der Waals surface area (Å²) in [6.45, 7) is 2.00. The lowest BCUT2D eigenvalue weighted by molar-refractivity contribution is 1.13. The third kappa shape index (κ3) is 1.58. The van der Waals surface area contributed by atoms with Crippen molar-refractivity contribution in [3.05, 3.63) is 28.0 Å². The average molecular weight is 265 g/mol. The molecule has 1 heterocycles. The zero-order valence-electron chi connectivity index (χ0n) is 5.56. The number of rotatable bonds is 1. The summed E-state index contributed by atoms with van der Waals surface area (Å²) in [6.07, 6.45) is 1.80. The van der Waals surface area contributed by atoms with Crippen molar-refractivity contribution in [2.75, 3.05) is 0 Å². The second-order valence-electron chi connectivity index (χ2n) is 1.99. The van der Waals surface area contributed by atoms with Gasteiger partial charge in [0.15, 0.2) is 0 Å². The van der Waals surface area contributed by atoms with E-state index in [0.717, 1.165) is 15.5 Å². The average Bonchev–Trinajstić information content (AvgIpc) is 1.88. The highest BCUT2D eigenvalue weighted by atomic mass is 79.9. The van der Waals surface area contributed by atoms with Gasteiger partial charge in [0.25, 0.3) is 0 Å². The number of nitrogens with zero attached hydrogens (tertiary/aromatic N) is 1. The van der Waals surface area contributed by atoms with E-state index in [4.69, 9.17) is 0 Å². The monoisotopic (exact) mass is 263 g/mol. The number of pyridine rings is 1. The van der Waals surface area contributed by atoms with Crippen LogP contribution in [0.4, 0.5) is 0 Å². The predicted molar refractivity (Wildman–Crippen MR) is 49.3 cm³/mol. The summed E-state index contributed by atoms with van der Waals surface area (Å²) in [4.78, 5) is 4.15. The van der Waals surface area contributed by atoms with Crippen LogP contribution in [0.1, 0.15) is 11.3 Å². The summed E-state index contributed by atoms with van der Waals surface area (Å²) in [7, 11) is 0. The van der Waals surface area contributed by atoms with Crippen LogP contribution < -0.4 is 0 Å². The maximum atomic E-state index is 4.15.